The quantitative estimate of drug-likeness (QED) is 0.882. The Hall–Kier alpha value is -2.21. The molecule has 2 aromatic rings. The number of aryl methyl sites for hydroxylation is 1. The van der Waals surface area contributed by atoms with E-state index in [0.717, 1.165) is 11.1 Å². The molecule has 0 bridgehead atoms. The number of anilines is 1. The van der Waals surface area contributed by atoms with Crippen molar-refractivity contribution in [3.05, 3.63) is 59.4 Å². The van der Waals surface area contributed by atoms with Gasteiger partial charge in [-0.3, -0.25) is 4.21 Å². The average Bonchev–Trinajstić information content (AvgIpc) is 2.50. The predicted molar refractivity (Wildman–Crippen MR) is 90.6 cm³/mol. The fourth-order valence-corrected chi connectivity index (χ4v) is 2.68. The van der Waals surface area contributed by atoms with Crippen LogP contribution < -0.4 is 10.6 Å². The molecule has 1 atom stereocenters. The third kappa shape index (κ3) is 5.17. The van der Waals surface area contributed by atoms with E-state index >= 15 is 0 Å². The molecule has 1 unspecified atom stereocenters. The van der Waals surface area contributed by atoms with Crippen LogP contribution in [0.5, 0.6) is 0 Å². The first-order chi connectivity index (χ1) is 11.0. The maximum atomic E-state index is 13.0. The molecule has 23 heavy (non-hydrogen) atoms. The Bertz CT molecular complexity index is 717. The van der Waals surface area contributed by atoms with Gasteiger partial charge < -0.3 is 10.6 Å². The van der Waals surface area contributed by atoms with E-state index in [9.17, 15) is 13.4 Å². The lowest BCUT2D eigenvalue weighted by Crippen LogP contribution is -2.30. The van der Waals surface area contributed by atoms with Gasteiger partial charge in [0.05, 0.1) is 0 Å². The van der Waals surface area contributed by atoms with Crippen molar-refractivity contribution in [2.75, 3.05) is 18.1 Å². The molecule has 2 aromatic carbocycles. The van der Waals surface area contributed by atoms with E-state index in [0.29, 0.717) is 23.5 Å². The number of rotatable bonds is 5. The number of benzene rings is 2. The summed E-state index contributed by atoms with van der Waals surface area (Å²) in [5.74, 6) is -0.256. The molecule has 4 nitrogen and oxygen atoms in total. The number of nitrogens with one attached hydrogen (secondary N) is 2. The van der Waals surface area contributed by atoms with E-state index in [1.807, 2.05) is 6.92 Å². The smallest absolute Gasteiger partial charge is 0.319 e. The van der Waals surface area contributed by atoms with E-state index in [2.05, 4.69) is 10.6 Å². The minimum atomic E-state index is -1.03. The largest absolute Gasteiger partial charge is 0.338 e. The summed E-state index contributed by atoms with van der Waals surface area (Å²) < 4.78 is 24.3. The molecule has 6 heteroatoms. The zero-order valence-corrected chi connectivity index (χ0v) is 13.9. The van der Waals surface area contributed by atoms with Crippen LogP contribution in [-0.4, -0.2) is 23.0 Å². The molecule has 2 amide bonds. The monoisotopic (exact) mass is 334 g/mol. The highest BCUT2D eigenvalue weighted by molar-refractivity contribution is 7.84. The molecule has 0 spiro atoms. The van der Waals surface area contributed by atoms with Crippen molar-refractivity contribution in [2.24, 2.45) is 0 Å². The van der Waals surface area contributed by atoms with Gasteiger partial charge >= 0.3 is 6.03 Å². The number of hydrogen-bond donors (Lipinski definition) is 2. The molecule has 2 N–H and O–H groups in total. The average molecular weight is 334 g/mol. The van der Waals surface area contributed by atoms with E-state index in [1.54, 1.807) is 36.6 Å². The van der Waals surface area contributed by atoms with Crippen LogP contribution in [0.15, 0.2) is 47.4 Å². The third-order valence-corrected chi connectivity index (χ3v) is 4.36. The van der Waals surface area contributed by atoms with Gasteiger partial charge in [-0.25, -0.2) is 9.18 Å². The Morgan fingerprint density at radius 2 is 1.87 bits per heavy atom. The predicted octanol–water partition coefficient (Wildman–Crippen LogP) is 3.24. The summed E-state index contributed by atoms with van der Waals surface area (Å²) in [6, 6.07) is 11.2. The Labute approximate surface area is 137 Å². The van der Waals surface area contributed by atoms with Crippen molar-refractivity contribution in [3.8, 4) is 0 Å². The fraction of sp³-hybridized carbons (Fsp3) is 0.235. The normalized spacial score (nSPS) is 11.8. The molecule has 0 aliphatic carbocycles. The Morgan fingerprint density at radius 1 is 1.17 bits per heavy atom. The van der Waals surface area contributed by atoms with Gasteiger partial charge in [-0.2, -0.15) is 0 Å². The number of amides is 2. The zero-order valence-electron chi connectivity index (χ0n) is 13.1. The highest BCUT2D eigenvalue weighted by Gasteiger charge is 2.04. The van der Waals surface area contributed by atoms with Crippen molar-refractivity contribution < 1.29 is 13.4 Å². The lowest BCUT2D eigenvalue weighted by molar-refractivity contribution is 0.252. The maximum Gasteiger partial charge on any atom is 0.319 e. The minimum Gasteiger partial charge on any atom is -0.338 e. The second-order valence-corrected chi connectivity index (χ2v) is 6.56. The van der Waals surface area contributed by atoms with Crippen LogP contribution in [0.4, 0.5) is 14.9 Å². The summed E-state index contributed by atoms with van der Waals surface area (Å²) in [5.41, 5.74) is 2.51. The number of halogens is 1. The summed E-state index contributed by atoms with van der Waals surface area (Å²) in [7, 11) is -1.03. The fourth-order valence-electron chi connectivity index (χ4n) is 2.16. The van der Waals surface area contributed by atoms with Crippen LogP contribution >= 0.6 is 0 Å². The lowest BCUT2D eigenvalue weighted by Gasteiger charge is -2.09. The first kappa shape index (κ1) is 17.1. The number of carbonyl (C=O) groups excluding carboxylic acids is 1. The van der Waals surface area contributed by atoms with Crippen molar-refractivity contribution in [3.63, 3.8) is 0 Å². The standard InChI is InChI=1S/C17H19FN2O2S/c1-12-11-14(18)4-3-13(12)9-10-19-17(21)20-15-5-7-16(8-6-15)23(2)22/h3-8,11H,9-10H2,1-2H3,(H2,19,20,21). The topological polar surface area (TPSA) is 58.2 Å². The molecular weight excluding hydrogens is 315 g/mol. The number of hydrogen-bond acceptors (Lipinski definition) is 2. The molecule has 0 radical (unpaired) electrons. The number of urea groups is 1. The molecule has 0 heterocycles. The Morgan fingerprint density at radius 3 is 2.48 bits per heavy atom. The van der Waals surface area contributed by atoms with E-state index in [4.69, 9.17) is 0 Å². The van der Waals surface area contributed by atoms with Crippen LogP contribution in [0.1, 0.15) is 11.1 Å². The van der Waals surface area contributed by atoms with Crippen molar-refractivity contribution in [1.29, 1.82) is 0 Å². The van der Waals surface area contributed by atoms with Gasteiger partial charge in [-0.1, -0.05) is 6.07 Å². The Balaban J connectivity index is 1.82. The summed E-state index contributed by atoms with van der Waals surface area (Å²) >= 11 is 0. The van der Waals surface area contributed by atoms with Gasteiger partial charge in [0, 0.05) is 34.2 Å². The third-order valence-electron chi connectivity index (χ3n) is 3.43. The van der Waals surface area contributed by atoms with Crippen molar-refractivity contribution in [1.82, 2.24) is 5.32 Å². The summed E-state index contributed by atoms with van der Waals surface area (Å²) in [6.45, 7) is 2.30. The SMILES string of the molecule is Cc1cc(F)ccc1CCNC(=O)Nc1ccc(S(C)=O)cc1. The molecular formula is C17H19FN2O2S. The second-order valence-electron chi connectivity index (χ2n) is 5.18. The highest BCUT2D eigenvalue weighted by atomic mass is 32.2. The lowest BCUT2D eigenvalue weighted by atomic mass is 10.1. The molecule has 2 rings (SSSR count). The van der Waals surface area contributed by atoms with E-state index < -0.39 is 10.8 Å². The molecule has 0 fully saturated rings. The molecule has 0 aromatic heterocycles. The van der Waals surface area contributed by atoms with E-state index in [1.165, 1.54) is 12.1 Å². The zero-order chi connectivity index (χ0) is 16.8. The summed E-state index contributed by atoms with van der Waals surface area (Å²) in [5, 5.41) is 5.46. The highest BCUT2D eigenvalue weighted by Crippen LogP contribution is 2.12. The molecule has 0 saturated heterocycles. The Kier molecular flexibility index (Phi) is 5.87. The maximum absolute atomic E-state index is 13.0. The van der Waals surface area contributed by atoms with Crippen LogP contribution in [0, 0.1) is 12.7 Å². The number of carbonyl (C=O) groups is 1. The minimum absolute atomic E-state index is 0.256. The first-order valence-electron chi connectivity index (χ1n) is 7.19. The van der Waals surface area contributed by atoms with Crippen LogP contribution in [-0.2, 0) is 17.2 Å². The first-order valence-corrected chi connectivity index (χ1v) is 8.75. The van der Waals surface area contributed by atoms with E-state index in [-0.39, 0.29) is 11.8 Å². The van der Waals surface area contributed by atoms with Gasteiger partial charge in [0.1, 0.15) is 5.82 Å². The van der Waals surface area contributed by atoms with Gasteiger partial charge in [-0.05, 0) is 60.9 Å². The molecule has 122 valence electrons. The molecule has 0 saturated carbocycles. The van der Waals surface area contributed by atoms with Crippen LogP contribution in [0.25, 0.3) is 0 Å². The van der Waals surface area contributed by atoms with Crippen LogP contribution in [0.3, 0.4) is 0 Å². The summed E-state index contributed by atoms with van der Waals surface area (Å²) in [4.78, 5) is 12.5. The van der Waals surface area contributed by atoms with Gasteiger partial charge in [-0.15, -0.1) is 0 Å². The van der Waals surface area contributed by atoms with Gasteiger partial charge in [0.15, 0.2) is 0 Å². The molecule has 0 aliphatic rings. The van der Waals surface area contributed by atoms with Crippen LogP contribution in [0.2, 0.25) is 0 Å². The van der Waals surface area contributed by atoms with Gasteiger partial charge in [0.25, 0.3) is 0 Å². The van der Waals surface area contributed by atoms with Crippen molar-refractivity contribution in [2.45, 2.75) is 18.2 Å². The van der Waals surface area contributed by atoms with Gasteiger partial charge in [0.2, 0.25) is 0 Å². The van der Waals surface area contributed by atoms with Crippen molar-refractivity contribution >= 4 is 22.5 Å². The summed E-state index contributed by atoms with van der Waals surface area (Å²) in [6.07, 6.45) is 2.24. The molecule has 0 aliphatic heterocycles. The second kappa shape index (κ2) is 7.87.